The lowest BCUT2D eigenvalue weighted by Gasteiger charge is -2.11. The van der Waals surface area contributed by atoms with Crippen LogP contribution < -0.4 is 10.1 Å². The van der Waals surface area contributed by atoms with E-state index in [1.807, 2.05) is 24.3 Å². The molecule has 158 valence electrons. The van der Waals surface area contributed by atoms with Gasteiger partial charge >= 0.3 is 5.97 Å². The van der Waals surface area contributed by atoms with Gasteiger partial charge in [0.15, 0.2) is 18.2 Å². The lowest BCUT2D eigenvalue weighted by molar-refractivity contribution is -0.119. The van der Waals surface area contributed by atoms with Gasteiger partial charge in [-0.3, -0.25) is 4.79 Å². The molecule has 0 saturated heterocycles. The smallest absolute Gasteiger partial charge is 0.340 e. The van der Waals surface area contributed by atoms with Crippen LogP contribution in [0.15, 0.2) is 52.9 Å². The first kappa shape index (κ1) is 20.6. The first-order valence-corrected chi connectivity index (χ1v) is 9.36. The van der Waals surface area contributed by atoms with Gasteiger partial charge in [0.05, 0.1) is 23.4 Å². The largest absolute Gasteiger partial charge is 0.495 e. The Labute approximate surface area is 179 Å². The van der Waals surface area contributed by atoms with Crippen LogP contribution in [0.25, 0.3) is 21.9 Å². The zero-order valence-corrected chi connectivity index (χ0v) is 16.8. The van der Waals surface area contributed by atoms with E-state index in [1.165, 1.54) is 7.11 Å². The van der Waals surface area contributed by atoms with E-state index in [9.17, 15) is 18.4 Å². The highest BCUT2D eigenvalue weighted by molar-refractivity contribution is 6.33. The van der Waals surface area contributed by atoms with Gasteiger partial charge in [0.1, 0.15) is 16.9 Å². The number of carbonyl (C=O) groups excluding carboxylic acids is 2. The summed E-state index contributed by atoms with van der Waals surface area (Å²) in [6.45, 7) is -0.685. The molecule has 0 aliphatic heterocycles. The summed E-state index contributed by atoms with van der Waals surface area (Å²) < 4.78 is 42.5. The summed E-state index contributed by atoms with van der Waals surface area (Å²) in [5, 5.41) is 3.94. The minimum Gasteiger partial charge on any atom is -0.495 e. The number of hydrogen-bond acceptors (Lipinski definition) is 5. The van der Waals surface area contributed by atoms with Crippen LogP contribution in [0.1, 0.15) is 10.4 Å². The van der Waals surface area contributed by atoms with Gasteiger partial charge in [0.25, 0.3) is 5.91 Å². The molecule has 6 nitrogen and oxygen atoms in total. The van der Waals surface area contributed by atoms with Crippen LogP contribution in [0, 0.1) is 11.6 Å². The SMILES string of the molecule is COc1cc2c(cc1NC(=O)COC(=O)c1cc(F)c(F)cc1Cl)oc1ccccc12. The molecule has 0 spiro atoms. The van der Waals surface area contributed by atoms with Crippen LogP contribution >= 0.6 is 11.6 Å². The molecule has 0 saturated carbocycles. The van der Waals surface area contributed by atoms with E-state index in [4.69, 9.17) is 25.5 Å². The molecule has 1 amide bonds. The number of methoxy groups -OCH3 is 1. The molecule has 0 aliphatic rings. The molecular formula is C22H14ClF2NO5. The third-order valence-electron chi connectivity index (χ3n) is 4.54. The maximum atomic E-state index is 13.4. The molecule has 4 rings (SSSR count). The number of amides is 1. The second kappa shape index (κ2) is 8.23. The topological polar surface area (TPSA) is 77.8 Å². The number of anilines is 1. The minimum atomic E-state index is -1.26. The summed E-state index contributed by atoms with van der Waals surface area (Å²) in [5.41, 5.74) is 1.12. The van der Waals surface area contributed by atoms with E-state index in [2.05, 4.69) is 5.32 Å². The molecule has 0 radical (unpaired) electrons. The van der Waals surface area contributed by atoms with Crippen molar-refractivity contribution in [1.29, 1.82) is 0 Å². The van der Waals surface area contributed by atoms with Crippen LogP contribution in [-0.4, -0.2) is 25.6 Å². The van der Waals surface area contributed by atoms with Crippen molar-refractivity contribution in [3.8, 4) is 5.75 Å². The number of para-hydroxylation sites is 1. The quantitative estimate of drug-likeness (QED) is 0.332. The predicted molar refractivity (Wildman–Crippen MR) is 111 cm³/mol. The molecule has 3 aromatic carbocycles. The van der Waals surface area contributed by atoms with Gasteiger partial charge < -0.3 is 19.2 Å². The Balaban J connectivity index is 1.51. The van der Waals surface area contributed by atoms with E-state index in [0.717, 1.165) is 10.8 Å². The Morgan fingerprint density at radius 1 is 1.03 bits per heavy atom. The molecule has 31 heavy (non-hydrogen) atoms. The number of hydrogen-bond donors (Lipinski definition) is 1. The van der Waals surface area contributed by atoms with E-state index in [1.54, 1.807) is 12.1 Å². The first-order chi connectivity index (χ1) is 14.9. The fraction of sp³-hybridized carbons (Fsp3) is 0.0909. The van der Waals surface area contributed by atoms with Crippen molar-refractivity contribution in [2.45, 2.75) is 0 Å². The Morgan fingerprint density at radius 3 is 2.55 bits per heavy atom. The van der Waals surface area contributed by atoms with Crippen molar-refractivity contribution >= 4 is 51.1 Å². The van der Waals surface area contributed by atoms with E-state index in [0.29, 0.717) is 34.7 Å². The molecule has 9 heteroatoms. The normalized spacial score (nSPS) is 11.0. The average Bonchev–Trinajstić information content (AvgIpc) is 3.11. The molecular weight excluding hydrogens is 432 g/mol. The highest BCUT2D eigenvalue weighted by atomic mass is 35.5. The first-order valence-electron chi connectivity index (χ1n) is 8.98. The molecule has 1 N–H and O–H groups in total. The maximum Gasteiger partial charge on any atom is 0.340 e. The Kier molecular flexibility index (Phi) is 5.48. The average molecular weight is 446 g/mol. The van der Waals surface area contributed by atoms with Crippen molar-refractivity contribution < 1.29 is 32.3 Å². The van der Waals surface area contributed by atoms with Gasteiger partial charge in [-0.25, -0.2) is 13.6 Å². The molecule has 1 aromatic heterocycles. The van der Waals surface area contributed by atoms with Gasteiger partial charge in [-0.05, 0) is 24.3 Å². The number of furan rings is 1. The fourth-order valence-electron chi connectivity index (χ4n) is 3.09. The predicted octanol–water partition coefficient (Wildman–Crippen LogP) is 5.32. The van der Waals surface area contributed by atoms with Crippen LogP contribution in [-0.2, 0) is 9.53 Å². The number of benzene rings is 3. The van der Waals surface area contributed by atoms with Gasteiger partial charge in [-0.2, -0.15) is 0 Å². The maximum absolute atomic E-state index is 13.4. The highest BCUT2D eigenvalue weighted by Crippen LogP contribution is 2.36. The van der Waals surface area contributed by atoms with Crippen LogP contribution in [0.2, 0.25) is 5.02 Å². The Morgan fingerprint density at radius 2 is 1.77 bits per heavy atom. The Hall–Kier alpha value is -3.65. The number of esters is 1. The minimum absolute atomic E-state index is 0.306. The van der Waals surface area contributed by atoms with Gasteiger partial charge in [-0.1, -0.05) is 29.8 Å². The summed E-state index contributed by atoms with van der Waals surface area (Å²) in [6, 6.07) is 12.0. The van der Waals surface area contributed by atoms with Crippen LogP contribution in [0.5, 0.6) is 5.75 Å². The standard InChI is InChI=1S/C22H14ClF2NO5/c1-29-20-7-12-11-4-2-3-5-18(11)31-19(12)9-17(20)26-21(27)10-30-22(28)13-6-15(24)16(25)8-14(13)23/h2-9H,10H2,1H3,(H,26,27). The summed E-state index contributed by atoms with van der Waals surface area (Å²) in [5.74, 6) is -3.83. The number of rotatable bonds is 5. The molecule has 0 unspecified atom stereocenters. The summed E-state index contributed by atoms with van der Waals surface area (Å²) in [6.07, 6.45) is 0. The van der Waals surface area contributed by atoms with Crippen molar-refractivity contribution in [2.75, 3.05) is 19.0 Å². The second-order valence-electron chi connectivity index (χ2n) is 6.52. The zero-order chi connectivity index (χ0) is 22.1. The van der Waals surface area contributed by atoms with E-state index >= 15 is 0 Å². The van der Waals surface area contributed by atoms with Gasteiger partial charge in [0.2, 0.25) is 0 Å². The monoisotopic (exact) mass is 445 g/mol. The zero-order valence-electron chi connectivity index (χ0n) is 16.0. The number of halogens is 3. The third kappa shape index (κ3) is 4.02. The number of nitrogens with one attached hydrogen (secondary N) is 1. The van der Waals surface area contributed by atoms with Gasteiger partial charge in [-0.15, -0.1) is 0 Å². The summed E-state index contributed by atoms with van der Waals surface area (Å²) >= 11 is 5.73. The third-order valence-corrected chi connectivity index (χ3v) is 4.85. The van der Waals surface area contributed by atoms with Crippen molar-refractivity contribution in [3.63, 3.8) is 0 Å². The molecule has 1 heterocycles. The molecule has 0 bridgehead atoms. The van der Waals surface area contributed by atoms with Crippen LogP contribution in [0.3, 0.4) is 0 Å². The Bertz CT molecular complexity index is 1330. The number of ether oxygens (including phenoxy) is 2. The van der Waals surface area contributed by atoms with Crippen molar-refractivity contribution in [2.24, 2.45) is 0 Å². The van der Waals surface area contributed by atoms with E-state index in [-0.39, 0.29) is 5.02 Å². The van der Waals surface area contributed by atoms with Crippen LogP contribution in [0.4, 0.5) is 14.5 Å². The molecule has 0 aliphatic carbocycles. The summed E-state index contributed by atoms with van der Waals surface area (Å²) in [4.78, 5) is 24.4. The van der Waals surface area contributed by atoms with Crippen molar-refractivity contribution in [3.05, 3.63) is 70.8 Å². The van der Waals surface area contributed by atoms with E-state index < -0.39 is 35.7 Å². The molecule has 0 fully saturated rings. The lowest BCUT2D eigenvalue weighted by atomic mass is 10.1. The van der Waals surface area contributed by atoms with Crippen molar-refractivity contribution in [1.82, 2.24) is 0 Å². The number of carbonyl (C=O) groups is 2. The fourth-order valence-corrected chi connectivity index (χ4v) is 3.32. The molecule has 4 aromatic rings. The summed E-state index contributed by atoms with van der Waals surface area (Å²) in [7, 11) is 1.45. The lowest BCUT2D eigenvalue weighted by Crippen LogP contribution is -2.21. The second-order valence-corrected chi connectivity index (χ2v) is 6.92. The molecule has 0 atom stereocenters. The highest BCUT2D eigenvalue weighted by Gasteiger charge is 2.19. The number of fused-ring (bicyclic) bond motifs is 3. The van der Waals surface area contributed by atoms with Gasteiger partial charge in [0, 0.05) is 16.8 Å².